The highest BCUT2D eigenvalue weighted by Gasteiger charge is 2.19. The monoisotopic (exact) mass is 274 g/mol. The Morgan fingerprint density at radius 2 is 2.35 bits per heavy atom. The van der Waals surface area contributed by atoms with Crippen molar-refractivity contribution >= 4 is 0 Å². The van der Waals surface area contributed by atoms with Crippen LogP contribution in [0.2, 0.25) is 0 Å². The zero-order valence-electron chi connectivity index (χ0n) is 12.2. The van der Waals surface area contributed by atoms with Crippen LogP contribution in [0.1, 0.15) is 18.1 Å². The van der Waals surface area contributed by atoms with Gasteiger partial charge in [-0.2, -0.15) is 0 Å². The van der Waals surface area contributed by atoms with Crippen LogP contribution < -0.4 is 10.5 Å². The van der Waals surface area contributed by atoms with E-state index in [4.69, 9.17) is 15.2 Å². The first-order valence-electron chi connectivity index (χ1n) is 6.92. The van der Waals surface area contributed by atoms with Gasteiger partial charge in [-0.15, -0.1) is 0 Å². The van der Waals surface area contributed by atoms with Crippen molar-refractivity contribution in [2.75, 3.05) is 33.4 Å². The second-order valence-corrected chi connectivity index (χ2v) is 4.92. The third kappa shape index (κ3) is 3.73. The maximum atomic E-state index is 5.48. The summed E-state index contributed by atoms with van der Waals surface area (Å²) < 4.78 is 10.8. The highest BCUT2D eigenvalue weighted by atomic mass is 16.5. The van der Waals surface area contributed by atoms with Crippen LogP contribution in [0.25, 0.3) is 0 Å². The van der Waals surface area contributed by atoms with Crippen LogP contribution in [0.15, 0.2) is 18.2 Å². The Labute approximate surface area is 120 Å². The summed E-state index contributed by atoms with van der Waals surface area (Å²) in [7, 11) is 1.68. The number of rotatable bonds is 3. The van der Waals surface area contributed by atoms with Gasteiger partial charge in [0.25, 0.3) is 0 Å². The summed E-state index contributed by atoms with van der Waals surface area (Å²) in [5, 5.41) is 0. The highest BCUT2D eigenvalue weighted by Crippen LogP contribution is 2.20. The minimum absolute atomic E-state index is 0.374. The molecular formula is C16H22N2O2. The fourth-order valence-corrected chi connectivity index (χ4v) is 2.31. The Hall–Kier alpha value is -1.54. The summed E-state index contributed by atoms with van der Waals surface area (Å²) in [5.41, 5.74) is 7.67. The topological polar surface area (TPSA) is 47.7 Å². The minimum atomic E-state index is 0.374. The van der Waals surface area contributed by atoms with Crippen molar-refractivity contribution in [2.24, 2.45) is 5.73 Å². The predicted octanol–water partition coefficient (Wildman–Crippen LogP) is 1.23. The highest BCUT2D eigenvalue weighted by molar-refractivity contribution is 5.45. The summed E-state index contributed by atoms with van der Waals surface area (Å²) in [4.78, 5) is 2.41. The molecule has 0 aromatic heterocycles. The van der Waals surface area contributed by atoms with Crippen LogP contribution in [0, 0.1) is 11.8 Å². The van der Waals surface area contributed by atoms with Gasteiger partial charge in [0.15, 0.2) is 0 Å². The molecule has 1 heterocycles. The zero-order valence-corrected chi connectivity index (χ0v) is 12.2. The van der Waals surface area contributed by atoms with Crippen molar-refractivity contribution in [2.45, 2.75) is 19.5 Å². The smallest absolute Gasteiger partial charge is 0.119 e. The molecule has 1 aromatic rings. The van der Waals surface area contributed by atoms with E-state index < -0.39 is 0 Å². The molecule has 0 spiro atoms. The number of methoxy groups -OCH3 is 1. The number of ether oxygens (including phenoxy) is 2. The molecule has 4 heteroatoms. The van der Waals surface area contributed by atoms with E-state index in [1.54, 1.807) is 7.11 Å². The van der Waals surface area contributed by atoms with Crippen molar-refractivity contribution in [1.29, 1.82) is 0 Å². The fourth-order valence-electron chi connectivity index (χ4n) is 2.31. The van der Waals surface area contributed by atoms with Crippen molar-refractivity contribution in [3.05, 3.63) is 29.3 Å². The van der Waals surface area contributed by atoms with E-state index in [0.717, 1.165) is 37.6 Å². The van der Waals surface area contributed by atoms with Gasteiger partial charge < -0.3 is 15.2 Å². The molecular weight excluding hydrogens is 252 g/mol. The first-order chi connectivity index (χ1) is 9.74. The van der Waals surface area contributed by atoms with E-state index in [9.17, 15) is 0 Å². The zero-order chi connectivity index (χ0) is 14.4. The van der Waals surface area contributed by atoms with E-state index in [1.807, 2.05) is 12.1 Å². The summed E-state index contributed by atoms with van der Waals surface area (Å²) in [6, 6.07) is 6.42. The summed E-state index contributed by atoms with van der Waals surface area (Å²) >= 11 is 0. The van der Waals surface area contributed by atoms with Gasteiger partial charge in [-0.1, -0.05) is 11.8 Å². The first-order valence-corrected chi connectivity index (χ1v) is 6.92. The molecule has 1 aromatic carbocycles. The van der Waals surface area contributed by atoms with Crippen molar-refractivity contribution < 1.29 is 9.47 Å². The molecule has 108 valence electrons. The Morgan fingerprint density at radius 1 is 1.50 bits per heavy atom. The second kappa shape index (κ2) is 7.30. The Kier molecular flexibility index (Phi) is 5.42. The van der Waals surface area contributed by atoms with Crippen LogP contribution in [-0.4, -0.2) is 44.4 Å². The third-order valence-corrected chi connectivity index (χ3v) is 3.52. The van der Waals surface area contributed by atoms with E-state index in [-0.39, 0.29) is 0 Å². The number of hydrogen-bond acceptors (Lipinski definition) is 4. The van der Waals surface area contributed by atoms with Crippen LogP contribution in [0.3, 0.4) is 0 Å². The molecule has 4 nitrogen and oxygen atoms in total. The van der Waals surface area contributed by atoms with Gasteiger partial charge in [0.1, 0.15) is 5.75 Å². The number of nitrogens with two attached hydrogens (primary N) is 1. The van der Waals surface area contributed by atoms with Gasteiger partial charge in [-0.05, 0) is 30.7 Å². The van der Waals surface area contributed by atoms with Gasteiger partial charge in [0, 0.05) is 24.7 Å². The lowest BCUT2D eigenvalue weighted by atomic mass is 10.1. The number of nitrogens with zero attached hydrogens (tertiary/aromatic N) is 1. The van der Waals surface area contributed by atoms with Gasteiger partial charge in [0.05, 0.1) is 26.9 Å². The molecule has 1 saturated heterocycles. The van der Waals surface area contributed by atoms with Crippen molar-refractivity contribution in [3.63, 3.8) is 0 Å². The minimum Gasteiger partial charge on any atom is -0.497 e. The summed E-state index contributed by atoms with van der Waals surface area (Å²) in [6.07, 6.45) is 0. The molecule has 2 rings (SSSR count). The Morgan fingerprint density at radius 3 is 3.05 bits per heavy atom. The Bertz CT molecular complexity index is 505. The first kappa shape index (κ1) is 14.9. The van der Waals surface area contributed by atoms with Crippen molar-refractivity contribution in [1.82, 2.24) is 4.90 Å². The molecule has 1 aliphatic heterocycles. The average Bonchev–Trinajstić information content (AvgIpc) is 2.48. The molecule has 0 saturated carbocycles. The quantitative estimate of drug-likeness (QED) is 0.842. The van der Waals surface area contributed by atoms with Crippen LogP contribution >= 0.6 is 0 Å². The largest absolute Gasteiger partial charge is 0.497 e. The molecule has 1 unspecified atom stereocenters. The summed E-state index contributed by atoms with van der Waals surface area (Å²) in [6.45, 7) is 5.94. The average molecular weight is 274 g/mol. The molecule has 20 heavy (non-hydrogen) atoms. The van der Waals surface area contributed by atoms with Crippen LogP contribution in [0.4, 0.5) is 0 Å². The van der Waals surface area contributed by atoms with Gasteiger partial charge >= 0.3 is 0 Å². The third-order valence-electron chi connectivity index (χ3n) is 3.52. The molecule has 0 aliphatic carbocycles. The van der Waals surface area contributed by atoms with Crippen LogP contribution in [0.5, 0.6) is 5.75 Å². The number of morpholine rings is 1. The molecule has 1 aliphatic rings. The molecule has 0 radical (unpaired) electrons. The predicted molar refractivity (Wildman–Crippen MR) is 79.6 cm³/mol. The van der Waals surface area contributed by atoms with E-state index in [2.05, 4.69) is 29.7 Å². The molecule has 1 fully saturated rings. The molecule has 0 amide bonds. The van der Waals surface area contributed by atoms with E-state index >= 15 is 0 Å². The fraction of sp³-hybridized carbons (Fsp3) is 0.500. The Balaban J connectivity index is 2.22. The van der Waals surface area contributed by atoms with Crippen LogP contribution in [-0.2, 0) is 11.3 Å². The lowest BCUT2D eigenvalue weighted by Gasteiger charge is -2.33. The maximum Gasteiger partial charge on any atom is 0.119 e. The lowest BCUT2D eigenvalue weighted by molar-refractivity contribution is -0.00441. The van der Waals surface area contributed by atoms with Gasteiger partial charge in [0.2, 0.25) is 0 Å². The molecule has 2 N–H and O–H groups in total. The molecule has 0 bridgehead atoms. The lowest BCUT2D eigenvalue weighted by Crippen LogP contribution is -2.43. The number of hydrogen-bond donors (Lipinski definition) is 1. The number of benzene rings is 1. The van der Waals surface area contributed by atoms with Gasteiger partial charge in [-0.25, -0.2) is 0 Å². The van der Waals surface area contributed by atoms with Gasteiger partial charge in [-0.3, -0.25) is 4.90 Å². The SMILES string of the molecule is COc1ccc(C#CCN)c(CN2CCOCC2C)c1. The summed E-state index contributed by atoms with van der Waals surface area (Å²) in [5.74, 6) is 6.93. The normalized spacial score (nSPS) is 19.2. The molecule has 1 atom stereocenters. The van der Waals surface area contributed by atoms with Crippen molar-refractivity contribution in [3.8, 4) is 17.6 Å². The van der Waals surface area contributed by atoms with E-state index in [1.165, 1.54) is 5.56 Å². The van der Waals surface area contributed by atoms with E-state index in [0.29, 0.717) is 12.6 Å². The standard InChI is InChI=1S/C16H22N2O2/c1-13-12-20-9-8-18(13)11-15-10-16(19-2)6-5-14(15)4-3-7-17/h5-6,10,13H,7-9,11-12,17H2,1-2H3. The second-order valence-electron chi connectivity index (χ2n) is 4.92. The maximum absolute atomic E-state index is 5.48.